The van der Waals surface area contributed by atoms with Crippen LogP contribution in [-0.2, 0) is 21.1 Å². The highest BCUT2D eigenvalue weighted by atomic mass is 32.2. The summed E-state index contributed by atoms with van der Waals surface area (Å²) in [6.45, 7) is 6.55. The van der Waals surface area contributed by atoms with Crippen molar-refractivity contribution in [3.05, 3.63) is 35.4 Å². The lowest BCUT2D eigenvalue weighted by Gasteiger charge is -2.29. The Hall–Kier alpha value is -1.36. The fraction of sp³-hybridized carbons (Fsp3) is 0.667. The maximum Gasteiger partial charge on any atom is 0.222 e. The van der Waals surface area contributed by atoms with Gasteiger partial charge in [-0.1, -0.05) is 45.0 Å². The molecule has 2 unspecified atom stereocenters. The van der Waals surface area contributed by atoms with Gasteiger partial charge in [-0.2, -0.15) is 0 Å². The largest absolute Gasteiger partial charge is 0.359 e. The van der Waals surface area contributed by atoms with Gasteiger partial charge < -0.3 is 5.32 Å². The molecule has 1 aromatic carbocycles. The van der Waals surface area contributed by atoms with Crippen LogP contribution in [0.15, 0.2) is 24.3 Å². The number of hydrogen-bond donors (Lipinski definition) is 1. The molecule has 2 rings (SSSR count). The minimum Gasteiger partial charge on any atom is -0.359 e. The summed E-state index contributed by atoms with van der Waals surface area (Å²) in [6, 6.07) is 8.45. The van der Waals surface area contributed by atoms with Crippen molar-refractivity contribution in [1.82, 2.24) is 5.32 Å². The van der Waals surface area contributed by atoms with Crippen LogP contribution in [0.1, 0.15) is 50.7 Å². The van der Waals surface area contributed by atoms with Gasteiger partial charge in [0, 0.05) is 19.2 Å². The Labute approximate surface area is 158 Å². The van der Waals surface area contributed by atoms with Crippen LogP contribution < -0.4 is 5.32 Å². The van der Waals surface area contributed by atoms with Crippen LogP contribution in [0.2, 0.25) is 0 Å². The van der Waals surface area contributed by atoms with Gasteiger partial charge in [-0.25, -0.2) is 8.42 Å². The van der Waals surface area contributed by atoms with Gasteiger partial charge in [0.1, 0.15) is 9.84 Å². The maximum atomic E-state index is 12.0. The molecule has 1 fully saturated rings. The fourth-order valence-corrected chi connectivity index (χ4v) is 5.09. The third-order valence-corrected chi connectivity index (χ3v) is 7.36. The standard InChI is InChI=1S/C21H33NO3S/c1-14(15(2)21(23)22-4)19-10-11-20(16(19)3)18-8-6-17(7-9-18)12-13-26(5,24)25/h6-9,14-16,19-20H,10-13H2,1-5H3,(H,22,23)/t14?,15?,16-,19+,20+/m0/s1. The normalized spacial score (nSPS) is 25.7. The topological polar surface area (TPSA) is 63.2 Å². The van der Waals surface area contributed by atoms with E-state index < -0.39 is 9.84 Å². The van der Waals surface area contributed by atoms with E-state index in [0.717, 1.165) is 18.4 Å². The van der Waals surface area contributed by atoms with Crippen LogP contribution in [0.3, 0.4) is 0 Å². The fourth-order valence-electron chi connectivity index (χ4n) is 4.48. The summed E-state index contributed by atoms with van der Waals surface area (Å²) in [5, 5.41) is 2.77. The summed E-state index contributed by atoms with van der Waals surface area (Å²) < 4.78 is 22.6. The predicted molar refractivity (Wildman–Crippen MR) is 107 cm³/mol. The predicted octanol–water partition coefficient (Wildman–Crippen LogP) is 3.42. The summed E-state index contributed by atoms with van der Waals surface area (Å²) in [4.78, 5) is 12.0. The summed E-state index contributed by atoms with van der Waals surface area (Å²) in [6.07, 6.45) is 4.16. The molecule has 1 aliphatic carbocycles. The Morgan fingerprint density at radius 2 is 1.81 bits per heavy atom. The number of nitrogens with one attached hydrogen (secondary N) is 1. The van der Waals surface area contributed by atoms with Gasteiger partial charge in [-0.15, -0.1) is 0 Å². The minimum atomic E-state index is -2.92. The number of carbonyl (C=O) groups is 1. The van der Waals surface area contributed by atoms with Crippen molar-refractivity contribution in [2.45, 2.75) is 46.0 Å². The molecule has 1 amide bonds. The highest BCUT2D eigenvalue weighted by Gasteiger charge is 2.39. The van der Waals surface area contributed by atoms with Crippen LogP contribution in [0, 0.1) is 23.7 Å². The zero-order valence-corrected chi connectivity index (χ0v) is 17.5. The first-order valence-corrected chi connectivity index (χ1v) is 11.7. The number of benzene rings is 1. The van der Waals surface area contributed by atoms with E-state index in [1.165, 1.54) is 11.8 Å². The highest BCUT2D eigenvalue weighted by Crippen LogP contribution is 2.47. The Balaban J connectivity index is 2.03. The van der Waals surface area contributed by atoms with Crippen LogP contribution in [-0.4, -0.2) is 33.4 Å². The van der Waals surface area contributed by atoms with E-state index in [1.54, 1.807) is 7.05 Å². The van der Waals surface area contributed by atoms with Gasteiger partial charge >= 0.3 is 0 Å². The third-order valence-electron chi connectivity index (χ3n) is 6.41. The molecule has 26 heavy (non-hydrogen) atoms. The van der Waals surface area contributed by atoms with E-state index >= 15 is 0 Å². The average Bonchev–Trinajstić information content (AvgIpc) is 2.99. The molecule has 5 heteroatoms. The van der Waals surface area contributed by atoms with Crippen molar-refractivity contribution in [2.24, 2.45) is 23.7 Å². The lowest BCUT2D eigenvalue weighted by atomic mass is 9.76. The second kappa shape index (κ2) is 8.55. The molecule has 0 radical (unpaired) electrons. The third kappa shape index (κ3) is 5.09. The Morgan fingerprint density at radius 1 is 1.19 bits per heavy atom. The summed E-state index contributed by atoms with van der Waals surface area (Å²) in [5.41, 5.74) is 2.41. The number of rotatable bonds is 7. The van der Waals surface area contributed by atoms with Crippen molar-refractivity contribution < 1.29 is 13.2 Å². The minimum absolute atomic E-state index is 0.0320. The molecule has 5 atom stereocenters. The molecular formula is C21H33NO3S. The number of amides is 1. The van der Waals surface area contributed by atoms with Crippen LogP contribution >= 0.6 is 0 Å². The quantitative estimate of drug-likeness (QED) is 0.789. The highest BCUT2D eigenvalue weighted by molar-refractivity contribution is 7.90. The van der Waals surface area contributed by atoms with Crippen molar-refractivity contribution in [2.75, 3.05) is 19.1 Å². The maximum absolute atomic E-state index is 12.0. The summed E-state index contributed by atoms with van der Waals surface area (Å²) in [7, 11) is -1.22. The Kier molecular flexibility index (Phi) is 6.89. The van der Waals surface area contributed by atoms with Crippen LogP contribution in [0.25, 0.3) is 0 Å². The molecule has 0 saturated heterocycles. The van der Waals surface area contributed by atoms with E-state index in [-0.39, 0.29) is 17.6 Å². The zero-order chi connectivity index (χ0) is 19.5. The second-order valence-corrected chi connectivity index (χ2v) is 10.4. The first-order chi connectivity index (χ1) is 12.1. The van der Waals surface area contributed by atoms with Crippen molar-refractivity contribution >= 4 is 15.7 Å². The van der Waals surface area contributed by atoms with Crippen LogP contribution in [0.5, 0.6) is 0 Å². The van der Waals surface area contributed by atoms with Gasteiger partial charge in [0.25, 0.3) is 0 Å². The monoisotopic (exact) mass is 379 g/mol. The molecule has 1 aliphatic rings. The Bertz CT molecular complexity index is 711. The Morgan fingerprint density at radius 3 is 2.35 bits per heavy atom. The molecular weight excluding hydrogens is 346 g/mol. The van der Waals surface area contributed by atoms with E-state index in [0.29, 0.717) is 30.1 Å². The first kappa shape index (κ1) is 20.9. The lowest BCUT2D eigenvalue weighted by molar-refractivity contribution is -0.126. The van der Waals surface area contributed by atoms with E-state index in [2.05, 4.69) is 43.4 Å². The van der Waals surface area contributed by atoms with Crippen molar-refractivity contribution in [1.29, 1.82) is 0 Å². The average molecular weight is 380 g/mol. The molecule has 4 nitrogen and oxygen atoms in total. The second-order valence-electron chi connectivity index (χ2n) is 8.09. The summed E-state index contributed by atoms with van der Waals surface area (Å²) >= 11 is 0. The van der Waals surface area contributed by atoms with E-state index in [9.17, 15) is 13.2 Å². The smallest absolute Gasteiger partial charge is 0.222 e. The van der Waals surface area contributed by atoms with E-state index in [4.69, 9.17) is 0 Å². The van der Waals surface area contributed by atoms with Gasteiger partial charge in [-0.05, 0) is 54.1 Å². The van der Waals surface area contributed by atoms with Crippen LogP contribution in [0.4, 0.5) is 0 Å². The SMILES string of the molecule is CNC(=O)C(C)C(C)[C@H]1CC[C@@H](c2ccc(CCS(C)(=O)=O)cc2)[C@H]1C. The molecule has 0 spiro atoms. The number of carbonyl (C=O) groups excluding carboxylic acids is 1. The van der Waals surface area contributed by atoms with Gasteiger partial charge in [0.05, 0.1) is 5.75 Å². The number of hydrogen-bond acceptors (Lipinski definition) is 3. The molecule has 0 aromatic heterocycles. The summed E-state index contributed by atoms with van der Waals surface area (Å²) in [5.74, 6) is 2.33. The van der Waals surface area contributed by atoms with Gasteiger partial charge in [0.15, 0.2) is 0 Å². The lowest BCUT2D eigenvalue weighted by Crippen LogP contribution is -2.33. The van der Waals surface area contributed by atoms with Crippen molar-refractivity contribution in [3.8, 4) is 0 Å². The van der Waals surface area contributed by atoms with Crippen molar-refractivity contribution in [3.63, 3.8) is 0 Å². The molecule has 1 aromatic rings. The molecule has 1 N–H and O–H groups in total. The molecule has 1 saturated carbocycles. The first-order valence-electron chi connectivity index (χ1n) is 9.62. The number of sulfone groups is 1. The molecule has 0 bridgehead atoms. The molecule has 146 valence electrons. The van der Waals surface area contributed by atoms with Gasteiger partial charge in [-0.3, -0.25) is 4.79 Å². The van der Waals surface area contributed by atoms with Gasteiger partial charge in [0.2, 0.25) is 5.91 Å². The zero-order valence-electron chi connectivity index (χ0n) is 16.7. The molecule has 0 heterocycles. The number of aryl methyl sites for hydroxylation is 1. The van der Waals surface area contributed by atoms with E-state index in [1.807, 2.05) is 6.92 Å². The molecule has 0 aliphatic heterocycles.